The predicted octanol–water partition coefficient (Wildman–Crippen LogP) is 6.32. The van der Waals surface area contributed by atoms with Crippen molar-refractivity contribution in [2.24, 2.45) is 0 Å². The van der Waals surface area contributed by atoms with Gasteiger partial charge >= 0.3 is 12.4 Å². The third-order valence-corrected chi connectivity index (χ3v) is 6.33. The highest BCUT2D eigenvalue weighted by atomic mass is 19.4. The van der Waals surface area contributed by atoms with Gasteiger partial charge in [0.2, 0.25) is 0 Å². The standard InChI is InChI=1S/C27H25F3N4O3/c1-36-22-8-4-6-18(16-22)24-23-9-2-3-15-34(23)25(32-24)19-7-5-14-33(17-19)26(35)31-20-10-12-21(13-11-20)37-27(28,29)30/h2-4,6,8-13,15-16,19H,5,7,14,17H2,1H3,(H,31,35)/t19-/m1/s1. The quantitative estimate of drug-likeness (QED) is 0.341. The maximum Gasteiger partial charge on any atom is 0.573 e. The molecule has 0 saturated carbocycles. The Morgan fingerprint density at radius 2 is 1.86 bits per heavy atom. The molecule has 3 heterocycles. The Hall–Kier alpha value is -4.21. The van der Waals surface area contributed by atoms with E-state index >= 15 is 0 Å². The molecule has 4 aromatic rings. The number of piperidine rings is 1. The van der Waals surface area contributed by atoms with Crippen molar-refractivity contribution >= 4 is 17.2 Å². The molecule has 0 spiro atoms. The number of ether oxygens (including phenoxy) is 2. The zero-order chi connectivity index (χ0) is 26.0. The van der Waals surface area contributed by atoms with Gasteiger partial charge < -0.3 is 24.1 Å². The van der Waals surface area contributed by atoms with Crippen LogP contribution in [0.4, 0.5) is 23.7 Å². The number of carbonyl (C=O) groups excluding carboxylic acids is 1. The fraction of sp³-hybridized carbons (Fsp3) is 0.259. The van der Waals surface area contributed by atoms with Crippen molar-refractivity contribution in [3.05, 3.63) is 78.8 Å². The fourth-order valence-electron chi connectivity index (χ4n) is 4.65. The Morgan fingerprint density at radius 3 is 2.62 bits per heavy atom. The molecule has 0 unspecified atom stereocenters. The molecule has 0 radical (unpaired) electrons. The van der Waals surface area contributed by atoms with Gasteiger partial charge in [-0.3, -0.25) is 0 Å². The first kappa shape index (κ1) is 24.5. The van der Waals surface area contributed by atoms with E-state index in [9.17, 15) is 18.0 Å². The summed E-state index contributed by atoms with van der Waals surface area (Å²) in [5.41, 5.74) is 3.14. The minimum absolute atomic E-state index is 0.0105. The highest BCUT2D eigenvalue weighted by Gasteiger charge is 2.31. The first-order chi connectivity index (χ1) is 17.8. The Labute approximate surface area is 211 Å². The molecule has 7 nitrogen and oxygen atoms in total. The van der Waals surface area contributed by atoms with Gasteiger partial charge in [-0.25, -0.2) is 9.78 Å². The summed E-state index contributed by atoms with van der Waals surface area (Å²) in [5.74, 6) is 1.28. The normalized spacial score (nSPS) is 16.0. The largest absolute Gasteiger partial charge is 0.573 e. The van der Waals surface area contributed by atoms with E-state index in [1.165, 1.54) is 24.3 Å². The molecular formula is C27H25F3N4O3. The number of anilines is 1. The summed E-state index contributed by atoms with van der Waals surface area (Å²) in [6, 6.07) is 18.5. The van der Waals surface area contributed by atoms with E-state index in [1.54, 1.807) is 12.0 Å². The van der Waals surface area contributed by atoms with E-state index in [-0.39, 0.29) is 17.7 Å². The van der Waals surface area contributed by atoms with Crippen LogP contribution in [0.2, 0.25) is 0 Å². The molecule has 1 atom stereocenters. The molecule has 2 amide bonds. The molecule has 0 aliphatic carbocycles. The highest BCUT2D eigenvalue weighted by Crippen LogP contribution is 2.33. The molecule has 1 saturated heterocycles. The second kappa shape index (κ2) is 10.0. The van der Waals surface area contributed by atoms with Crippen LogP contribution in [-0.4, -0.2) is 46.9 Å². The lowest BCUT2D eigenvalue weighted by Crippen LogP contribution is -2.42. The number of likely N-dealkylation sites (tertiary alicyclic amines) is 1. The van der Waals surface area contributed by atoms with Crippen molar-refractivity contribution < 1.29 is 27.4 Å². The van der Waals surface area contributed by atoms with Gasteiger partial charge in [0.15, 0.2) is 0 Å². The number of hydrogen-bond donors (Lipinski definition) is 1. The van der Waals surface area contributed by atoms with E-state index in [0.29, 0.717) is 18.8 Å². The third kappa shape index (κ3) is 5.47. The van der Waals surface area contributed by atoms with Gasteiger partial charge in [-0.1, -0.05) is 18.2 Å². The molecule has 0 bridgehead atoms. The van der Waals surface area contributed by atoms with Gasteiger partial charge in [0, 0.05) is 36.5 Å². The lowest BCUT2D eigenvalue weighted by Gasteiger charge is -2.32. The van der Waals surface area contributed by atoms with Crippen LogP contribution in [0.25, 0.3) is 16.8 Å². The summed E-state index contributed by atoms with van der Waals surface area (Å²) in [6.07, 6.45) is -1.12. The molecule has 37 heavy (non-hydrogen) atoms. The zero-order valence-corrected chi connectivity index (χ0v) is 20.0. The van der Waals surface area contributed by atoms with Gasteiger partial charge in [-0.05, 0) is 61.4 Å². The molecular weight excluding hydrogens is 485 g/mol. The monoisotopic (exact) mass is 510 g/mol. The number of halogens is 3. The maximum absolute atomic E-state index is 13.0. The second-order valence-corrected chi connectivity index (χ2v) is 8.79. The van der Waals surface area contributed by atoms with Crippen LogP contribution in [0, 0.1) is 0 Å². The molecule has 2 aromatic heterocycles. The molecule has 1 aliphatic rings. The Morgan fingerprint density at radius 1 is 1.05 bits per heavy atom. The summed E-state index contributed by atoms with van der Waals surface area (Å²) in [4.78, 5) is 19.7. The number of imidazole rings is 1. The van der Waals surface area contributed by atoms with Gasteiger partial charge in [0.25, 0.3) is 0 Å². The van der Waals surface area contributed by atoms with Crippen LogP contribution < -0.4 is 14.8 Å². The van der Waals surface area contributed by atoms with Crippen molar-refractivity contribution in [1.29, 1.82) is 0 Å². The Kier molecular flexibility index (Phi) is 6.64. The summed E-state index contributed by atoms with van der Waals surface area (Å²) in [7, 11) is 1.63. The number of fused-ring (bicyclic) bond motifs is 1. The van der Waals surface area contributed by atoms with E-state index < -0.39 is 6.36 Å². The number of nitrogens with one attached hydrogen (secondary N) is 1. The van der Waals surface area contributed by atoms with Crippen LogP contribution >= 0.6 is 0 Å². The van der Waals surface area contributed by atoms with Crippen molar-refractivity contribution in [2.75, 3.05) is 25.5 Å². The van der Waals surface area contributed by atoms with Gasteiger partial charge in [-0.2, -0.15) is 0 Å². The van der Waals surface area contributed by atoms with Crippen molar-refractivity contribution in [1.82, 2.24) is 14.3 Å². The molecule has 2 aromatic carbocycles. The summed E-state index contributed by atoms with van der Waals surface area (Å²) in [6.45, 7) is 1.04. The molecule has 1 fully saturated rings. The zero-order valence-electron chi connectivity index (χ0n) is 20.0. The van der Waals surface area contributed by atoms with Crippen molar-refractivity contribution in [3.8, 4) is 22.8 Å². The summed E-state index contributed by atoms with van der Waals surface area (Å²) < 4.78 is 48.5. The van der Waals surface area contributed by atoms with E-state index in [2.05, 4.69) is 14.5 Å². The van der Waals surface area contributed by atoms with Gasteiger partial charge in [0.1, 0.15) is 17.3 Å². The fourth-order valence-corrected chi connectivity index (χ4v) is 4.65. The van der Waals surface area contributed by atoms with Gasteiger partial charge in [-0.15, -0.1) is 13.2 Å². The third-order valence-electron chi connectivity index (χ3n) is 6.33. The molecule has 5 rings (SSSR count). The maximum atomic E-state index is 13.0. The lowest BCUT2D eigenvalue weighted by molar-refractivity contribution is -0.274. The minimum atomic E-state index is -4.77. The van der Waals surface area contributed by atoms with Crippen LogP contribution in [0.3, 0.4) is 0 Å². The number of urea groups is 1. The number of alkyl halides is 3. The molecule has 1 N–H and O–H groups in total. The highest BCUT2D eigenvalue weighted by molar-refractivity contribution is 5.89. The number of pyridine rings is 1. The van der Waals surface area contributed by atoms with Crippen LogP contribution in [0.5, 0.6) is 11.5 Å². The number of rotatable bonds is 5. The number of amides is 2. The van der Waals surface area contributed by atoms with E-state index in [1.807, 2.05) is 48.7 Å². The van der Waals surface area contributed by atoms with Crippen LogP contribution in [-0.2, 0) is 0 Å². The average Bonchev–Trinajstić information content (AvgIpc) is 3.29. The summed E-state index contributed by atoms with van der Waals surface area (Å²) >= 11 is 0. The van der Waals surface area contributed by atoms with E-state index in [0.717, 1.165) is 41.2 Å². The van der Waals surface area contributed by atoms with E-state index in [4.69, 9.17) is 9.72 Å². The molecule has 1 aliphatic heterocycles. The SMILES string of the molecule is COc1cccc(-c2nc([C@@H]3CCCN(C(=O)Nc4ccc(OC(F)(F)F)cc4)C3)n3ccccc23)c1. The Balaban J connectivity index is 1.34. The number of carbonyl (C=O) groups is 1. The van der Waals surface area contributed by atoms with Crippen LogP contribution in [0.1, 0.15) is 24.6 Å². The number of methoxy groups -OCH3 is 1. The minimum Gasteiger partial charge on any atom is -0.497 e. The van der Waals surface area contributed by atoms with Crippen molar-refractivity contribution in [2.45, 2.75) is 25.1 Å². The lowest BCUT2D eigenvalue weighted by atomic mass is 9.97. The second-order valence-electron chi connectivity index (χ2n) is 8.79. The first-order valence-electron chi connectivity index (χ1n) is 11.8. The average molecular weight is 511 g/mol. The molecule has 10 heteroatoms. The first-order valence-corrected chi connectivity index (χ1v) is 11.8. The summed E-state index contributed by atoms with van der Waals surface area (Å²) in [5, 5.41) is 2.76. The van der Waals surface area contributed by atoms with Gasteiger partial charge in [0.05, 0.1) is 18.3 Å². The number of aromatic nitrogens is 2. The smallest absolute Gasteiger partial charge is 0.497 e. The van der Waals surface area contributed by atoms with Crippen molar-refractivity contribution in [3.63, 3.8) is 0 Å². The predicted molar refractivity (Wildman–Crippen MR) is 133 cm³/mol. The number of hydrogen-bond acceptors (Lipinski definition) is 4. The molecule has 192 valence electrons. The number of benzene rings is 2. The van der Waals surface area contributed by atoms with Crippen LogP contribution in [0.15, 0.2) is 72.9 Å². The number of nitrogens with zero attached hydrogens (tertiary/aromatic N) is 3. The topological polar surface area (TPSA) is 68.1 Å². The Bertz CT molecular complexity index is 1400.